The van der Waals surface area contributed by atoms with Gasteiger partial charge in [-0.3, -0.25) is 9.78 Å². The van der Waals surface area contributed by atoms with Gasteiger partial charge in [0.25, 0.3) is 5.91 Å². The first kappa shape index (κ1) is 14.5. The molecule has 1 aliphatic heterocycles. The van der Waals surface area contributed by atoms with Crippen LogP contribution < -0.4 is 5.32 Å². The number of anilines is 1. The van der Waals surface area contributed by atoms with Crippen molar-refractivity contribution in [3.63, 3.8) is 0 Å². The second-order valence-corrected chi connectivity index (χ2v) is 5.19. The predicted molar refractivity (Wildman–Crippen MR) is 81.6 cm³/mol. The lowest BCUT2D eigenvalue weighted by atomic mass is 10.2. The number of morpholine rings is 1. The fourth-order valence-electron chi connectivity index (χ4n) is 2.47. The van der Waals surface area contributed by atoms with E-state index in [-0.39, 0.29) is 12.0 Å². The molecule has 7 nitrogen and oxygen atoms in total. The SMILES string of the molecule is CNc1ccc([C@@H]2CN(C(=O)c3nccn3C)CCO2)nc1. The van der Waals surface area contributed by atoms with E-state index in [2.05, 4.69) is 15.3 Å². The molecule has 0 bridgehead atoms. The van der Waals surface area contributed by atoms with Gasteiger partial charge >= 0.3 is 0 Å². The fourth-order valence-corrected chi connectivity index (χ4v) is 2.47. The smallest absolute Gasteiger partial charge is 0.290 e. The lowest BCUT2D eigenvalue weighted by molar-refractivity contribution is -0.0252. The van der Waals surface area contributed by atoms with Gasteiger partial charge < -0.3 is 19.5 Å². The van der Waals surface area contributed by atoms with E-state index in [4.69, 9.17) is 4.74 Å². The number of imidazole rings is 1. The Bertz CT molecular complexity index is 652. The highest BCUT2D eigenvalue weighted by atomic mass is 16.5. The van der Waals surface area contributed by atoms with Gasteiger partial charge in [0, 0.05) is 33.0 Å². The van der Waals surface area contributed by atoms with E-state index >= 15 is 0 Å². The number of rotatable bonds is 3. The Labute approximate surface area is 128 Å². The first-order valence-corrected chi connectivity index (χ1v) is 7.21. The number of nitrogens with zero attached hydrogens (tertiary/aromatic N) is 4. The number of hydrogen-bond acceptors (Lipinski definition) is 5. The molecule has 0 aromatic carbocycles. The molecule has 1 aliphatic rings. The third-order valence-corrected chi connectivity index (χ3v) is 3.77. The van der Waals surface area contributed by atoms with Crippen LogP contribution >= 0.6 is 0 Å². The quantitative estimate of drug-likeness (QED) is 0.918. The topological polar surface area (TPSA) is 72.3 Å². The van der Waals surface area contributed by atoms with Crippen LogP contribution in [0.4, 0.5) is 5.69 Å². The Kier molecular flexibility index (Phi) is 4.06. The summed E-state index contributed by atoms with van der Waals surface area (Å²) in [6.45, 7) is 1.55. The zero-order chi connectivity index (χ0) is 15.5. The maximum Gasteiger partial charge on any atom is 0.290 e. The summed E-state index contributed by atoms with van der Waals surface area (Å²) in [5.74, 6) is 0.367. The van der Waals surface area contributed by atoms with Gasteiger partial charge in [-0.15, -0.1) is 0 Å². The molecule has 1 fully saturated rings. The van der Waals surface area contributed by atoms with Gasteiger partial charge in [-0.1, -0.05) is 0 Å². The highest BCUT2D eigenvalue weighted by Gasteiger charge is 2.28. The van der Waals surface area contributed by atoms with Gasteiger partial charge in [0.1, 0.15) is 6.10 Å². The molecule has 0 aliphatic carbocycles. The number of hydrogen-bond donors (Lipinski definition) is 1. The number of ether oxygens (including phenoxy) is 1. The largest absolute Gasteiger partial charge is 0.387 e. The molecule has 1 saturated heterocycles. The Morgan fingerprint density at radius 2 is 2.27 bits per heavy atom. The average Bonchev–Trinajstić information content (AvgIpc) is 3.00. The van der Waals surface area contributed by atoms with E-state index in [1.807, 2.05) is 26.2 Å². The average molecular weight is 301 g/mol. The molecular weight excluding hydrogens is 282 g/mol. The Morgan fingerprint density at radius 1 is 1.41 bits per heavy atom. The minimum absolute atomic E-state index is 0.0763. The number of carbonyl (C=O) groups is 1. The molecule has 3 rings (SSSR count). The molecule has 1 N–H and O–H groups in total. The number of amides is 1. The summed E-state index contributed by atoms with van der Waals surface area (Å²) in [5.41, 5.74) is 1.77. The first-order valence-electron chi connectivity index (χ1n) is 7.21. The second kappa shape index (κ2) is 6.15. The molecule has 1 atom stereocenters. The fraction of sp³-hybridized carbons (Fsp3) is 0.400. The van der Waals surface area contributed by atoms with Crippen LogP contribution in [-0.2, 0) is 11.8 Å². The molecule has 1 amide bonds. The van der Waals surface area contributed by atoms with Crippen molar-refractivity contribution in [3.05, 3.63) is 42.2 Å². The maximum atomic E-state index is 12.5. The van der Waals surface area contributed by atoms with E-state index in [9.17, 15) is 4.79 Å². The molecule has 0 radical (unpaired) electrons. The summed E-state index contributed by atoms with van der Waals surface area (Å²) in [4.78, 5) is 22.8. The van der Waals surface area contributed by atoms with E-state index in [1.165, 1.54) is 0 Å². The molecule has 0 saturated carbocycles. The van der Waals surface area contributed by atoms with E-state index < -0.39 is 0 Å². The summed E-state index contributed by atoms with van der Waals surface area (Å²) in [5, 5.41) is 3.03. The van der Waals surface area contributed by atoms with Crippen LogP contribution in [0.25, 0.3) is 0 Å². The van der Waals surface area contributed by atoms with Gasteiger partial charge in [0.05, 0.1) is 30.7 Å². The lowest BCUT2D eigenvalue weighted by Crippen LogP contribution is -2.43. The predicted octanol–water partition coefficient (Wildman–Crippen LogP) is 1.07. The van der Waals surface area contributed by atoms with Crippen molar-refractivity contribution >= 4 is 11.6 Å². The van der Waals surface area contributed by atoms with E-state index in [1.54, 1.807) is 28.1 Å². The maximum absolute atomic E-state index is 12.5. The number of nitrogens with one attached hydrogen (secondary N) is 1. The van der Waals surface area contributed by atoms with Crippen molar-refractivity contribution in [2.24, 2.45) is 7.05 Å². The third kappa shape index (κ3) is 2.80. The van der Waals surface area contributed by atoms with Gasteiger partial charge in [0.2, 0.25) is 0 Å². The Hall–Kier alpha value is -2.41. The summed E-state index contributed by atoms with van der Waals surface area (Å²) in [7, 11) is 3.66. The van der Waals surface area contributed by atoms with Gasteiger partial charge in [-0.25, -0.2) is 4.98 Å². The van der Waals surface area contributed by atoms with Crippen LogP contribution in [0.3, 0.4) is 0 Å². The van der Waals surface area contributed by atoms with Crippen LogP contribution in [0.5, 0.6) is 0 Å². The number of pyridine rings is 1. The van der Waals surface area contributed by atoms with Crippen molar-refractivity contribution in [3.8, 4) is 0 Å². The van der Waals surface area contributed by atoms with E-state index in [0.717, 1.165) is 11.4 Å². The molecule has 0 unspecified atom stereocenters. The second-order valence-electron chi connectivity index (χ2n) is 5.19. The van der Waals surface area contributed by atoms with Crippen molar-refractivity contribution in [1.29, 1.82) is 0 Å². The lowest BCUT2D eigenvalue weighted by Gasteiger charge is -2.32. The molecule has 0 spiro atoms. The van der Waals surface area contributed by atoms with Crippen molar-refractivity contribution < 1.29 is 9.53 Å². The third-order valence-electron chi connectivity index (χ3n) is 3.77. The monoisotopic (exact) mass is 301 g/mol. The molecule has 116 valence electrons. The molecular formula is C15H19N5O2. The molecule has 22 heavy (non-hydrogen) atoms. The highest BCUT2D eigenvalue weighted by molar-refractivity contribution is 5.90. The summed E-state index contributed by atoms with van der Waals surface area (Å²) < 4.78 is 7.49. The van der Waals surface area contributed by atoms with Gasteiger partial charge in [-0.05, 0) is 12.1 Å². The summed E-state index contributed by atoms with van der Waals surface area (Å²) in [6, 6.07) is 3.87. The minimum Gasteiger partial charge on any atom is -0.387 e. The van der Waals surface area contributed by atoms with Gasteiger partial charge in [-0.2, -0.15) is 0 Å². The Morgan fingerprint density at radius 3 is 2.91 bits per heavy atom. The van der Waals surface area contributed by atoms with Crippen molar-refractivity contribution in [2.75, 3.05) is 32.1 Å². The van der Waals surface area contributed by atoms with Crippen LogP contribution in [-0.4, -0.2) is 52.1 Å². The van der Waals surface area contributed by atoms with Crippen LogP contribution in [0.15, 0.2) is 30.7 Å². The zero-order valence-electron chi connectivity index (χ0n) is 12.7. The van der Waals surface area contributed by atoms with Crippen LogP contribution in [0.2, 0.25) is 0 Å². The van der Waals surface area contributed by atoms with Gasteiger partial charge in [0.15, 0.2) is 5.82 Å². The highest BCUT2D eigenvalue weighted by Crippen LogP contribution is 2.22. The molecule has 7 heteroatoms. The number of carbonyl (C=O) groups excluding carboxylic acids is 1. The summed E-state index contributed by atoms with van der Waals surface area (Å²) >= 11 is 0. The number of aryl methyl sites for hydroxylation is 1. The van der Waals surface area contributed by atoms with Crippen molar-refractivity contribution in [2.45, 2.75) is 6.10 Å². The zero-order valence-corrected chi connectivity index (χ0v) is 12.7. The van der Waals surface area contributed by atoms with Crippen molar-refractivity contribution in [1.82, 2.24) is 19.4 Å². The first-order chi connectivity index (χ1) is 10.7. The molecule has 2 aromatic heterocycles. The van der Waals surface area contributed by atoms with Crippen LogP contribution in [0.1, 0.15) is 22.4 Å². The molecule has 3 heterocycles. The number of aromatic nitrogens is 3. The normalized spacial score (nSPS) is 18.3. The minimum atomic E-state index is -0.205. The summed E-state index contributed by atoms with van der Waals surface area (Å²) in [6.07, 6.45) is 4.95. The van der Waals surface area contributed by atoms with Crippen LogP contribution in [0, 0.1) is 0 Å². The van der Waals surface area contributed by atoms with E-state index in [0.29, 0.717) is 25.5 Å². The molecule has 2 aromatic rings. The Balaban J connectivity index is 1.73. The standard InChI is InChI=1S/C15H19N5O2/c1-16-11-3-4-12(18-9-11)13-10-20(7-8-22-13)15(21)14-17-5-6-19(14)2/h3-6,9,13,16H,7-8,10H2,1-2H3/t13-/m0/s1.